The van der Waals surface area contributed by atoms with Crippen molar-refractivity contribution in [3.8, 4) is 67.8 Å². The smallest absolute Gasteiger partial charge is 0.164 e. The van der Waals surface area contributed by atoms with Crippen LogP contribution in [-0.2, 0) is 0 Å². The van der Waals surface area contributed by atoms with Gasteiger partial charge in [0.1, 0.15) is 11.6 Å². The van der Waals surface area contributed by atoms with E-state index < -0.39 is 0 Å². The van der Waals surface area contributed by atoms with Gasteiger partial charge in [0.15, 0.2) is 17.5 Å². The molecule has 0 N–H and O–H groups in total. The fraction of sp³-hybridized carbons (Fsp3) is 0. The molecule has 0 radical (unpaired) electrons. The third kappa shape index (κ3) is 6.41. The fourth-order valence-corrected chi connectivity index (χ4v) is 9.02. The van der Waals surface area contributed by atoms with Gasteiger partial charge in [-0.15, -0.1) is 0 Å². The SMILES string of the molecule is Fc1ccc(-c2nc(-c3ccc(F)cc3)nc(-c3ccc(-c4ccc5c(c4)c4cc(-c6ccc7c(c6)c6ccccc6n7-c6ccccc6)ccc4n5-c4ccccc4)cc3)n2)cc1. The minimum atomic E-state index is -0.350. The third-order valence-corrected chi connectivity index (χ3v) is 12.1. The lowest BCUT2D eigenvalue weighted by Gasteiger charge is -2.10. The molecule has 302 valence electrons. The molecular formula is C57H35F2N5. The minimum absolute atomic E-state index is 0.350. The lowest BCUT2D eigenvalue weighted by Crippen LogP contribution is -2.00. The highest BCUT2D eigenvalue weighted by Crippen LogP contribution is 2.40. The van der Waals surface area contributed by atoms with Crippen LogP contribution in [0.15, 0.2) is 212 Å². The summed E-state index contributed by atoms with van der Waals surface area (Å²) in [6, 6.07) is 70.3. The summed E-state index contributed by atoms with van der Waals surface area (Å²) in [6.07, 6.45) is 0. The van der Waals surface area contributed by atoms with E-state index in [1.165, 1.54) is 46.1 Å². The van der Waals surface area contributed by atoms with Crippen LogP contribution >= 0.6 is 0 Å². The predicted octanol–water partition coefficient (Wildman–Crippen LogP) is 14.7. The first-order chi connectivity index (χ1) is 31.5. The summed E-state index contributed by atoms with van der Waals surface area (Å²) >= 11 is 0. The van der Waals surface area contributed by atoms with E-state index in [9.17, 15) is 8.78 Å². The Balaban J connectivity index is 0.965. The lowest BCUT2D eigenvalue weighted by atomic mass is 9.99. The summed E-state index contributed by atoms with van der Waals surface area (Å²) in [7, 11) is 0. The van der Waals surface area contributed by atoms with Crippen LogP contribution in [0.25, 0.3) is 111 Å². The molecule has 5 nitrogen and oxygen atoms in total. The van der Waals surface area contributed by atoms with Crippen LogP contribution < -0.4 is 0 Å². The maximum atomic E-state index is 13.9. The van der Waals surface area contributed by atoms with Crippen molar-refractivity contribution in [3.63, 3.8) is 0 Å². The van der Waals surface area contributed by atoms with Gasteiger partial charge < -0.3 is 9.13 Å². The number of hydrogen-bond donors (Lipinski definition) is 0. The first-order valence-corrected chi connectivity index (χ1v) is 21.1. The number of para-hydroxylation sites is 3. The molecular weight excluding hydrogens is 793 g/mol. The Kier molecular flexibility index (Phi) is 8.79. The van der Waals surface area contributed by atoms with E-state index in [1.54, 1.807) is 24.3 Å². The number of aromatic nitrogens is 5. The van der Waals surface area contributed by atoms with Gasteiger partial charge in [-0.25, -0.2) is 23.7 Å². The van der Waals surface area contributed by atoms with Gasteiger partial charge in [0.05, 0.1) is 22.1 Å². The van der Waals surface area contributed by atoms with Crippen molar-refractivity contribution in [2.24, 2.45) is 0 Å². The van der Waals surface area contributed by atoms with Crippen LogP contribution in [0.1, 0.15) is 0 Å². The summed E-state index contributed by atoms with van der Waals surface area (Å²) in [5.41, 5.74) is 13.3. The molecule has 0 spiro atoms. The average Bonchev–Trinajstić information content (AvgIpc) is 3.86. The van der Waals surface area contributed by atoms with E-state index in [-0.39, 0.29) is 11.6 Å². The predicted molar refractivity (Wildman–Crippen MR) is 256 cm³/mol. The van der Waals surface area contributed by atoms with E-state index in [0.29, 0.717) is 28.6 Å². The molecule has 0 unspecified atom stereocenters. The Bertz CT molecular complexity index is 3650. The lowest BCUT2D eigenvalue weighted by molar-refractivity contribution is 0.627. The topological polar surface area (TPSA) is 48.5 Å². The molecule has 0 aliphatic carbocycles. The highest BCUT2D eigenvalue weighted by Gasteiger charge is 2.18. The van der Waals surface area contributed by atoms with Gasteiger partial charge in [-0.2, -0.15) is 0 Å². The Morgan fingerprint density at radius 2 is 0.578 bits per heavy atom. The molecule has 0 aliphatic rings. The Hall–Kier alpha value is -8.55. The summed E-state index contributed by atoms with van der Waals surface area (Å²) in [4.78, 5) is 14.3. The maximum Gasteiger partial charge on any atom is 0.164 e. The highest BCUT2D eigenvalue weighted by molar-refractivity contribution is 6.13. The molecule has 0 atom stereocenters. The molecule has 64 heavy (non-hydrogen) atoms. The Morgan fingerprint density at radius 1 is 0.266 bits per heavy atom. The van der Waals surface area contributed by atoms with Crippen molar-refractivity contribution in [2.45, 2.75) is 0 Å². The molecule has 12 aromatic rings. The van der Waals surface area contributed by atoms with E-state index >= 15 is 0 Å². The Morgan fingerprint density at radius 3 is 1.02 bits per heavy atom. The number of halogens is 2. The Labute approximate surface area is 366 Å². The van der Waals surface area contributed by atoms with Gasteiger partial charge in [0.25, 0.3) is 0 Å². The number of fused-ring (bicyclic) bond motifs is 6. The zero-order valence-corrected chi connectivity index (χ0v) is 34.2. The minimum Gasteiger partial charge on any atom is -0.309 e. The highest BCUT2D eigenvalue weighted by atomic mass is 19.1. The second-order valence-electron chi connectivity index (χ2n) is 16.0. The van der Waals surface area contributed by atoms with E-state index in [4.69, 9.17) is 15.0 Å². The first kappa shape index (κ1) is 37.2. The number of nitrogens with zero attached hydrogens (tertiary/aromatic N) is 5. The van der Waals surface area contributed by atoms with E-state index in [2.05, 4.69) is 155 Å². The monoisotopic (exact) mass is 827 g/mol. The molecule has 3 aromatic heterocycles. The van der Waals surface area contributed by atoms with Crippen LogP contribution in [0.2, 0.25) is 0 Å². The van der Waals surface area contributed by atoms with Gasteiger partial charge in [-0.3, -0.25) is 0 Å². The zero-order chi connectivity index (χ0) is 42.7. The van der Waals surface area contributed by atoms with Crippen molar-refractivity contribution >= 4 is 43.6 Å². The molecule has 12 rings (SSSR count). The second kappa shape index (κ2) is 15.1. The van der Waals surface area contributed by atoms with E-state index in [0.717, 1.165) is 61.0 Å². The van der Waals surface area contributed by atoms with Crippen LogP contribution in [0.3, 0.4) is 0 Å². The quantitative estimate of drug-likeness (QED) is 0.161. The molecule has 9 aromatic carbocycles. The van der Waals surface area contributed by atoms with Gasteiger partial charge in [0.2, 0.25) is 0 Å². The second-order valence-corrected chi connectivity index (χ2v) is 16.0. The van der Waals surface area contributed by atoms with Crippen molar-refractivity contribution in [1.29, 1.82) is 0 Å². The molecule has 7 heteroatoms. The van der Waals surface area contributed by atoms with Gasteiger partial charge >= 0.3 is 0 Å². The van der Waals surface area contributed by atoms with Crippen LogP contribution in [0.5, 0.6) is 0 Å². The van der Waals surface area contributed by atoms with E-state index in [1.807, 2.05) is 18.2 Å². The summed E-state index contributed by atoms with van der Waals surface area (Å²) in [5, 5.41) is 4.74. The summed E-state index contributed by atoms with van der Waals surface area (Å²) in [6.45, 7) is 0. The summed E-state index contributed by atoms with van der Waals surface area (Å²) in [5.74, 6) is 0.546. The molecule has 0 saturated heterocycles. The van der Waals surface area contributed by atoms with Gasteiger partial charge in [0, 0.05) is 49.6 Å². The van der Waals surface area contributed by atoms with Crippen LogP contribution in [0, 0.1) is 11.6 Å². The molecule has 3 heterocycles. The number of hydrogen-bond acceptors (Lipinski definition) is 3. The summed E-state index contributed by atoms with van der Waals surface area (Å²) < 4.78 is 32.5. The van der Waals surface area contributed by atoms with Crippen molar-refractivity contribution in [1.82, 2.24) is 24.1 Å². The first-order valence-electron chi connectivity index (χ1n) is 21.1. The number of benzene rings is 9. The normalized spacial score (nSPS) is 11.6. The maximum absolute atomic E-state index is 13.9. The van der Waals surface area contributed by atoms with Crippen molar-refractivity contribution in [3.05, 3.63) is 224 Å². The largest absolute Gasteiger partial charge is 0.309 e. The molecule has 0 saturated carbocycles. The van der Waals surface area contributed by atoms with Crippen molar-refractivity contribution in [2.75, 3.05) is 0 Å². The molecule has 0 amide bonds. The van der Waals surface area contributed by atoms with Gasteiger partial charge in [-0.05, 0) is 138 Å². The molecule has 0 bridgehead atoms. The average molecular weight is 828 g/mol. The van der Waals surface area contributed by atoms with Gasteiger partial charge in [-0.1, -0.05) is 97.1 Å². The number of rotatable bonds is 7. The third-order valence-electron chi connectivity index (χ3n) is 12.1. The zero-order valence-electron chi connectivity index (χ0n) is 34.2. The standard InChI is InChI=1S/C57H35F2N5/c58-43-26-19-38(20-27-43)56-60-55(61-57(62-56)39-21-28-44(59)29-22-39)37-17-15-36(16-18-37)40-23-30-53-49(33-40)50-35-42(25-32-54(50)64(53)46-11-5-2-6-12-46)41-24-31-52-48(34-41)47-13-7-8-14-51(47)63(52)45-9-3-1-4-10-45/h1-35H. The van der Waals surface area contributed by atoms with Crippen LogP contribution in [0.4, 0.5) is 8.78 Å². The molecule has 0 fully saturated rings. The van der Waals surface area contributed by atoms with Crippen molar-refractivity contribution < 1.29 is 8.78 Å². The fourth-order valence-electron chi connectivity index (χ4n) is 9.02. The molecule has 0 aliphatic heterocycles. The van der Waals surface area contributed by atoms with Crippen LogP contribution in [-0.4, -0.2) is 24.1 Å².